The van der Waals surface area contributed by atoms with Crippen molar-refractivity contribution in [2.75, 3.05) is 0 Å². The largest absolute Gasteiger partial charge is 0.315 e. The number of fused-ring (bicyclic) bond motifs is 6. The lowest BCUT2D eigenvalue weighted by Crippen LogP contribution is -2.15. The lowest BCUT2D eigenvalue weighted by molar-refractivity contribution is 0.661. The van der Waals surface area contributed by atoms with Gasteiger partial charge in [0.05, 0.1) is 5.52 Å². The van der Waals surface area contributed by atoms with E-state index in [1.807, 2.05) is 60.7 Å². The van der Waals surface area contributed by atoms with Gasteiger partial charge in [0, 0.05) is 50.3 Å². The minimum Gasteiger partial charge on any atom is -0.315 e. The van der Waals surface area contributed by atoms with E-state index in [2.05, 4.69) is 152 Å². The normalized spacial score (nSPS) is 12.8. The Labute approximate surface area is 337 Å². The molecule has 0 aliphatic heterocycles. The molecule has 4 nitrogen and oxygen atoms in total. The van der Waals surface area contributed by atoms with Crippen molar-refractivity contribution in [3.8, 4) is 73.2 Å². The fraction of sp³-hybridized carbons (Fsp3) is 0.0556. The Morgan fingerprint density at radius 3 is 1.57 bits per heavy atom. The molecule has 11 rings (SSSR count). The number of aromatic nitrogens is 4. The van der Waals surface area contributed by atoms with Gasteiger partial charge < -0.3 is 4.57 Å². The molecule has 0 saturated heterocycles. The summed E-state index contributed by atoms with van der Waals surface area (Å²) >= 11 is 0. The Kier molecular flexibility index (Phi) is 7.80. The molecule has 2 aromatic heterocycles. The second kappa shape index (κ2) is 13.4. The van der Waals surface area contributed by atoms with Crippen molar-refractivity contribution < 1.29 is 0 Å². The average molecular weight is 743 g/mol. The quantitative estimate of drug-likeness (QED) is 0.170. The highest BCUT2D eigenvalue weighted by atomic mass is 15.0. The fourth-order valence-electron chi connectivity index (χ4n) is 8.88. The van der Waals surface area contributed by atoms with Gasteiger partial charge in [-0.3, -0.25) is 0 Å². The van der Waals surface area contributed by atoms with E-state index in [1.165, 1.54) is 66.2 Å². The van der Waals surface area contributed by atoms with Crippen LogP contribution in [0.25, 0.3) is 94.9 Å². The molecule has 2 heterocycles. The number of benzene rings is 8. The molecule has 10 aromatic rings. The van der Waals surface area contributed by atoms with Crippen LogP contribution in [0.3, 0.4) is 0 Å². The second-order valence-electron chi connectivity index (χ2n) is 15.7. The standard InChI is InChI=1S/C54H38N4/c1-54(2)48-32-39(38-20-14-21-40(31-38)47-34-58(42-22-10-5-11-23-42)50-43-24-13-12-15-35(43)25-30-46(47)50)26-28-44(48)45-29-27-41(33-49(45)54)53-56-51(36-16-6-3-7-17-36)55-52(57-53)37-18-8-4-9-19-37/h3-34H,1-2H3. The van der Waals surface area contributed by atoms with Crippen LogP contribution in [0.1, 0.15) is 25.0 Å². The van der Waals surface area contributed by atoms with Crippen LogP contribution in [-0.2, 0) is 5.41 Å². The Hall–Kier alpha value is -7.43. The van der Waals surface area contributed by atoms with Gasteiger partial charge in [0.25, 0.3) is 0 Å². The lowest BCUT2D eigenvalue weighted by atomic mass is 9.81. The van der Waals surface area contributed by atoms with E-state index in [0.29, 0.717) is 17.5 Å². The van der Waals surface area contributed by atoms with Crippen LogP contribution in [0.5, 0.6) is 0 Å². The molecule has 1 aliphatic carbocycles. The predicted molar refractivity (Wildman–Crippen MR) is 239 cm³/mol. The van der Waals surface area contributed by atoms with Gasteiger partial charge in [-0.05, 0) is 74.7 Å². The van der Waals surface area contributed by atoms with Crippen LogP contribution in [-0.4, -0.2) is 19.5 Å². The zero-order valence-corrected chi connectivity index (χ0v) is 32.3. The van der Waals surface area contributed by atoms with Crippen molar-refractivity contribution in [2.45, 2.75) is 19.3 Å². The summed E-state index contributed by atoms with van der Waals surface area (Å²) in [5.41, 5.74) is 15.0. The van der Waals surface area contributed by atoms with Gasteiger partial charge in [-0.1, -0.05) is 172 Å². The summed E-state index contributed by atoms with van der Waals surface area (Å²) < 4.78 is 2.35. The molecule has 274 valence electrons. The van der Waals surface area contributed by atoms with Crippen molar-refractivity contribution in [1.82, 2.24) is 19.5 Å². The Bertz CT molecular complexity index is 3120. The summed E-state index contributed by atoms with van der Waals surface area (Å²) in [5, 5.41) is 3.73. The van der Waals surface area contributed by atoms with E-state index in [9.17, 15) is 0 Å². The number of rotatable bonds is 6. The summed E-state index contributed by atoms with van der Waals surface area (Å²) in [5.74, 6) is 2.00. The lowest BCUT2D eigenvalue weighted by Gasteiger charge is -2.22. The average Bonchev–Trinajstić information content (AvgIpc) is 3.79. The number of hydrogen-bond donors (Lipinski definition) is 0. The molecule has 0 atom stereocenters. The fourth-order valence-corrected chi connectivity index (χ4v) is 8.88. The molecule has 8 aromatic carbocycles. The van der Waals surface area contributed by atoms with E-state index in [-0.39, 0.29) is 5.41 Å². The Morgan fingerprint density at radius 1 is 0.379 bits per heavy atom. The molecule has 0 radical (unpaired) electrons. The van der Waals surface area contributed by atoms with Crippen molar-refractivity contribution in [2.24, 2.45) is 0 Å². The Balaban J connectivity index is 0.983. The van der Waals surface area contributed by atoms with E-state index < -0.39 is 0 Å². The highest BCUT2D eigenvalue weighted by Gasteiger charge is 2.36. The van der Waals surface area contributed by atoms with Crippen LogP contribution in [0.4, 0.5) is 0 Å². The number of hydrogen-bond acceptors (Lipinski definition) is 3. The highest BCUT2D eigenvalue weighted by Crippen LogP contribution is 2.51. The van der Waals surface area contributed by atoms with Crippen LogP contribution < -0.4 is 0 Å². The summed E-state index contributed by atoms with van der Waals surface area (Å²) in [6, 6.07) is 66.9. The van der Waals surface area contributed by atoms with Gasteiger partial charge in [-0.2, -0.15) is 0 Å². The predicted octanol–water partition coefficient (Wildman–Crippen LogP) is 13.6. The topological polar surface area (TPSA) is 43.6 Å². The molecule has 0 amide bonds. The minimum absolute atomic E-state index is 0.240. The zero-order chi connectivity index (χ0) is 38.8. The summed E-state index contributed by atoms with van der Waals surface area (Å²) in [7, 11) is 0. The maximum Gasteiger partial charge on any atom is 0.164 e. The van der Waals surface area contributed by atoms with Crippen LogP contribution in [0.2, 0.25) is 0 Å². The molecule has 0 fully saturated rings. The van der Waals surface area contributed by atoms with E-state index >= 15 is 0 Å². The van der Waals surface area contributed by atoms with E-state index in [1.54, 1.807) is 0 Å². The molecule has 0 bridgehead atoms. The van der Waals surface area contributed by atoms with Crippen LogP contribution in [0.15, 0.2) is 194 Å². The van der Waals surface area contributed by atoms with E-state index in [0.717, 1.165) is 22.4 Å². The third kappa shape index (κ3) is 5.56. The van der Waals surface area contributed by atoms with Crippen molar-refractivity contribution in [3.05, 3.63) is 205 Å². The second-order valence-corrected chi connectivity index (χ2v) is 15.7. The molecule has 58 heavy (non-hydrogen) atoms. The molecular weight excluding hydrogens is 705 g/mol. The third-order valence-electron chi connectivity index (χ3n) is 11.9. The molecule has 0 N–H and O–H groups in total. The number of nitrogens with zero attached hydrogens (tertiary/aromatic N) is 4. The zero-order valence-electron chi connectivity index (χ0n) is 32.3. The monoisotopic (exact) mass is 742 g/mol. The van der Waals surface area contributed by atoms with Gasteiger partial charge in [0.1, 0.15) is 0 Å². The Morgan fingerprint density at radius 2 is 0.897 bits per heavy atom. The van der Waals surface area contributed by atoms with Crippen molar-refractivity contribution >= 4 is 21.7 Å². The first-order valence-corrected chi connectivity index (χ1v) is 19.9. The van der Waals surface area contributed by atoms with Crippen molar-refractivity contribution in [3.63, 3.8) is 0 Å². The summed E-state index contributed by atoms with van der Waals surface area (Å²) in [6.45, 7) is 4.67. The molecule has 0 spiro atoms. The van der Waals surface area contributed by atoms with Gasteiger partial charge in [-0.15, -0.1) is 0 Å². The van der Waals surface area contributed by atoms with Gasteiger partial charge in [0.15, 0.2) is 17.5 Å². The number of para-hydroxylation sites is 1. The highest BCUT2D eigenvalue weighted by molar-refractivity contribution is 6.12. The minimum atomic E-state index is -0.240. The third-order valence-corrected chi connectivity index (χ3v) is 11.9. The van der Waals surface area contributed by atoms with Gasteiger partial charge in [0.2, 0.25) is 0 Å². The van der Waals surface area contributed by atoms with Gasteiger partial charge >= 0.3 is 0 Å². The van der Waals surface area contributed by atoms with Gasteiger partial charge in [-0.25, -0.2) is 15.0 Å². The van der Waals surface area contributed by atoms with Crippen LogP contribution in [0, 0.1) is 0 Å². The SMILES string of the molecule is CC1(C)c2cc(-c3cccc(-c4cn(-c5ccccc5)c5c4ccc4ccccc45)c3)ccc2-c2ccc(-c3nc(-c4ccccc4)nc(-c4ccccc4)n3)cc21. The van der Waals surface area contributed by atoms with Crippen molar-refractivity contribution in [1.29, 1.82) is 0 Å². The molecule has 1 aliphatic rings. The summed E-state index contributed by atoms with van der Waals surface area (Å²) in [6.07, 6.45) is 2.31. The molecule has 0 unspecified atom stereocenters. The summed E-state index contributed by atoms with van der Waals surface area (Å²) in [4.78, 5) is 15.0. The maximum absolute atomic E-state index is 5.04. The maximum atomic E-state index is 5.04. The smallest absolute Gasteiger partial charge is 0.164 e. The molecule has 0 saturated carbocycles. The first-order valence-electron chi connectivity index (χ1n) is 19.9. The van der Waals surface area contributed by atoms with Crippen LogP contribution >= 0.6 is 0 Å². The molecular formula is C54H38N4. The van der Waals surface area contributed by atoms with E-state index in [4.69, 9.17) is 15.0 Å². The first kappa shape index (κ1) is 33.9. The first-order chi connectivity index (χ1) is 28.5. The molecule has 4 heteroatoms.